The lowest BCUT2D eigenvalue weighted by molar-refractivity contribution is 0.0548. The molecule has 26 heavy (non-hydrogen) atoms. The molecule has 1 saturated heterocycles. The third-order valence-electron chi connectivity index (χ3n) is 4.24. The number of aliphatic hydroxyl groups is 1. The Bertz CT molecular complexity index is 936. The summed E-state index contributed by atoms with van der Waals surface area (Å²) < 4.78 is 31.3. The molecule has 0 aliphatic carbocycles. The maximum Gasteiger partial charge on any atom is 0.255 e. The molecule has 0 bridgehead atoms. The summed E-state index contributed by atoms with van der Waals surface area (Å²) in [5, 5.41) is 12.1. The van der Waals surface area contributed by atoms with Crippen LogP contribution in [0.4, 0.5) is 5.69 Å². The van der Waals surface area contributed by atoms with Crippen molar-refractivity contribution in [3.8, 4) is 5.75 Å². The number of nitrogens with one attached hydrogen (secondary N) is 1. The summed E-state index contributed by atoms with van der Waals surface area (Å²) >= 11 is 0. The third-order valence-corrected chi connectivity index (χ3v) is 6.07. The van der Waals surface area contributed by atoms with Gasteiger partial charge in [-0.2, -0.15) is 4.31 Å². The van der Waals surface area contributed by atoms with E-state index in [1.54, 1.807) is 31.4 Å². The average molecular weight is 376 g/mol. The molecule has 138 valence electrons. The molecule has 1 aliphatic heterocycles. The van der Waals surface area contributed by atoms with Crippen LogP contribution in [0.25, 0.3) is 0 Å². The maximum atomic E-state index is 12.5. The minimum atomic E-state index is -3.70. The van der Waals surface area contributed by atoms with Crippen LogP contribution in [0.2, 0.25) is 0 Å². The van der Waals surface area contributed by atoms with E-state index in [0.29, 0.717) is 11.4 Å². The van der Waals surface area contributed by atoms with Crippen LogP contribution in [0.1, 0.15) is 15.9 Å². The van der Waals surface area contributed by atoms with Gasteiger partial charge in [0.05, 0.1) is 18.1 Å². The molecule has 0 unspecified atom stereocenters. The van der Waals surface area contributed by atoms with Crippen molar-refractivity contribution in [3.05, 3.63) is 53.6 Å². The molecule has 2 aromatic rings. The number of nitrogens with zero attached hydrogens (tertiary/aromatic N) is 1. The predicted octanol–water partition coefficient (Wildman–Crippen LogP) is 1.62. The number of methoxy groups -OCH3 is 1. The van der Waals surface area contributed by atoms with Crippen molar-refractivity contribution in [1.82, 2.24) is 4.31 Å². The molecule has 7 nitrogen and oxygen atoms in total. The molecule has 8 heteroatoms. The highest BCUT2D eigenvalue weighted by Crippen LogP contribution is 2.24. The summed E-state index contributed by atoms with van der Waals surface area (Å²) in [5.74, 6) is 0.282. The molecule has 2 aromatic carbocycles. The minimum Gasteiger partial charge on any atom is -0.497 e. The Morgan fingerprint density at radius 3 is 2.58 bits per heavy atom. The zero-order valence-corrected chi connectivity index (χ0v) is 15.3. The summed E-state index contributed by atoms with van der Waals surface area (Å²) in [5.41, 5.74) is 1.69. The maximum absolute atomic E-state index is 12.5. The van der Waals surface area contributed by atoms with E-state index in [0.717, 1.165) is 5.56 Å². The molecule has 1 heterocycles. The molecular formula is C18H20N2O5S. The van der Waals surface area contributed by atoms with Gasteiger partial charge < -0.3 is 15.2 Å². The molecule has 0 saturated carbocycles. The summed E-state index contributed by atoms with van der Waals surface area (Å²) in [7, 11) is -2.14. The Hall–Kier alpha value is -2.42. The topological polar surface area (TPSA) is 95.9 Å². The molecule has 0 atom stereocenters. The lowest BCUT2D eigenvalue weighted by atomic mass is 10.1. The Kier molecular flexibility index (Phi) is 4.99. The van der Waals surface area contributed by atoms with E-state index >= 15 is 0 Å². The van der Waals surface area contributed by atoms with Gasteiger partial charge in [-0.05, 0) is 48.9 Å². The van der Waals surface area contributed by atoms with E-state index in [-0.39, 0.29) is 23.5 Å². The number of anilines is 1. The van der Waals surface area contributed by atoms with Crippen LogP contribution in [-0.2, 0) is 10.0 Å². The first-order valence-corrected chi connectivity index (χ1v) is 9.49. The number of carbonyl (C=O) groups is 1. The van der Waals surface area contributed by atoms with E-state index in [4.69, 9.17) is 4.74 Å². The van der Waals surface area contributed by atoms with Gasteiger partial charge in [-0.15, -0.1) is 0 Å². The van der Waals surface area contributed by atoms with Crippen LogP contribution in [0.15, 0.2) is 47.4 Å². The van der Waals surface area contributed by atoms with Crippen molar-refractivity contribution in [2.24, 2.45) is 0 Å². The van der Waals surface area contributed by atoms with Crippen molar-refractivity contribution in [2.45, 2.75) is 17.9 Å². The monoisotopic (exact) mass is 376 g/mol. The molecule has 2 N–H and O–H groups in total. The quantitative estimate of drug-likeness (QED) is 0.827. The normalized spacial score (nSPS) is 15.3. The molecule has 0 spiro atoms. The SMILES string of the molecule is COc1ccc(NC(=O)c2cccc(S(=O)(=O)N3CC(O)C3)c2)c(C)c1. The summed E-state index contributed by atoms with van der Waals surface area (Å²) in [4.78, 5) is 12.5. The smallest absolute Gasteiger partial charge is 0.255 e. The zero-order chi connectivity index (χ0) is 18.9. The predicted molar refractivity (Wildman–Crippen MR) is 96.9 cm³/mol. The van der Waals surface area contributed by atoms with Gasteiger partial charge in [0.1, 0.15) is 5.75 Å². The standard InChI is InChI=1S/C18H20N2O5S/c1-12-8-15(25-2)6-7-17(12)19-18(22)13-4-3-5-16(9-13)26(23,24)20-10-14(21)11-20/h3-9,14,21H,10-11H2,1-2H3,(H,19,22). The highest BCUT2D eigenvalue weighted by atomic mass is 32.2. The van der Waals surface area contributed by atoms with Crippen LogP contribution in [0.5, 0.6) is 5.75 Å². The Labute approximate surface area is 152 Å². The van der Waals surface area contributed by atoms with Crippen molar-refractivity contribution in [3.63, 3.8) is 0 Å². The summed E-state index contributed by atoms with van der Waals surface area (Å²) in [6.07, 6.45) is -0.630. The summed E-state index contributed by atoms with van der Waals surface area (Å²) in [6, 6.07) is 11.1. The van der Waals surface area contributed by atoms with Crippen molar-refractivity contribution < 1.29 is 23.1 Å². The molecule has 0 radical (unpaired) electrons. The molecule has 1 amide bonds. The van der Waals surface area contributed by atoms with Gasteiger partial charge >= 0.3 is 0 Å². The molecule has 1 aliphatic rings. The lowest BCUT2D eigenvalue weighted by Crippen LogP contribution is -2.53. The number of sulfonamides is 1. The van der Waals surface area contributed by atoms with E-state index < -0.39 is 22.0 Å². The number of carbonyl (C=O) groups excluding carboxylic acids is 1. The van der Waals surface area contributed by atoms with Crippen LogP contribution in [0.3, 0.4) is 0 Å². The Morgan fingerprint density at radius 1 is 1.23 bits per heavy atom. The second kappa shape index (κ2) is 7.06. The molecule has 1 fully saturated rings. The van der Waals surface area contributed by atoms with E-state index in [9.17, 15) is 18.3 Å². The number of β-amino-alcohol motifs (C(OH)–C–C–N with tert-alkyl or cyclic N) is 1. The third kappa shape index (κ3) is 3.57. The number of aliphatic hydroxyl groups excluding tert-OH is 1. The second-order valence-corrected chi connectivity index (χ2v) is 8.08. The van der Waals surface area contributed by atoms with Gasteiger partial charge in [0.2, 0.25) is 10.0 Å². The van der Waals surface area contributed by atoms with Crippen molar-refractivity contribution >= 4 is 21.6 Å². The molecule has 3 rings (SSSR count). The number of amides is 1. The largest absolute Gasteiger partial charge is 0.497 e. The van der Waals surface area contributed by atoms with Crippen LogP contribution in [-0.4, -0.2) is 50.0 Å². The first kappa shape index (κ1) is 18.4. The summed E-state index contributed by atoms with van der Waals surface area (Å²) in [6.45, 7) is 1.99. The fraction of sp³-hybridized carbons (Fsp3) is 0.278. The van der Waals surface area contributed by atoms with Gasteiger partial charge in [0, 0.05) is 24.3 Å². The van der Waals surface area contributed by atoms with Gasteiger partial charge in [-0.1, -0.05) is 6.07 Å². The van der Waals surface area contributed by atoms with E-state index in [1.807, 2.05) is 6.92 Å². The number of ether oxygens (including phenoxy) is 1. The molecular weight excluding hydrogens is 356 g/mol. The molecule has 0 aromatic heterocycles. The first-order valence-electron chi connectivity index (χ1n) is 8.05. The van der Waals surface area contributed by atoms with Crippen molar-refractivity contribution in [1.29, 1.82) is 0 Å². The van der Waals surface area contributed by atoms with Gasteiger partial charge in [0.15, 0.2) is 0 Å². The second-order valence-electron chi connectivity index (χ2n) is 6.14. The number of hydrogen-bond donors (Lipinski definition) is 2. The van der Waals surface area contributed by atoms with E-state index in [1.165, 1.54) is 22.5 Å². The average Bonchev–Trinajstić information content (AvgIpc) is 2.60. The lowest BCUT2D eigenvalue weighted by Gasteiger charge is -2.34. The van der Waals surface area contributed by atoms with Gasteiger partial charge in [-0.25, -0.2) is 8.42 Å². The highest BCUT2D eigenvalue weighted by molar-refractivity contribution is 7.89. The Morgan fingerprint density at radius 2 is 1.96 bits per heavy atom. The van der Waals surface area contributed by atoms with E-state index in [2.05, 4.69) is 5.32 Å². The minimum absolute atomic E-state index is 0.0310. The Balaban J connectivity index is 1.81. The van der Waals surface area contributed by atoms with Crippen LogP contribution in [0, 0.1) is 6.92 Å². The first-order chi connectivity index (χ1) is 12.3. The fourth-order valence-corrected chi connectivity index (χ4v) is 4.22. The highest BCUT2D eigenvalue weighted by Gasteiger charge is 2.35. The van der Waals surface area contributed by atoms with Crippen LogP contribution < -0.4 is 10.1 Å². The van der Waals surface area contributed by atoms with Gasteiger partial charge in [-0.3, -0.25) is 4.79 Å². The number of benzene rings is 2. The van der Waals surface area contributed by atoms with Gasteiger partial charge in [0.25, 0.3) is 5.91 Å². The number of aryl methyl sites for hydroxylation is 1. The fourth-order valence-electron chi connectivity index (χ4n) is 2.66. The van der Waals surface area contributed by atoms with Crippen LogP contribution >= 0.6 is 0 Å². The number of hydrogen-bond acceptors (Lipinski definition) is 5. The zero-order valence-electron chi connectivity index (χ0n) is 14.5. The van der Waals surface area contributed by atoms with Crippen molar-refractivity contribution in [2.75, 3.05) is 25.5 Å². The number of rotatable bonds is 5.